The van der Waals surface area contributed by atoms with Gasteiger partial charge in [-0.15, -0.1) is 0 Å². The van der Waals surface area contributed by atoms with Gasteiger partial charge in [-0.2, -0.15) is 0 Å². The summed E-state index contributed by atoms with van der Waals surface area (Å²) in [7, 11) is -0.0845. The number of rotatable bonds is 4. The van der Waals surface area contributed by atoms with Gasteiger partial charge in [0.1, 0.15) is 0 Å². The highest BCUT2D eigenvalue weighted by Gasteiger charge is 2.43. The molecule has 1 saturated heterocycles. The minimum Gasteiger partial charge on any atom is -0.417 e. The maximum Gasteiger partial charge on any atom is 0.230 e. The van der Waals surface area contributed by atoms with Crippen molar-refractivity contribution in [2.24, 2.45) is 5.92 Å². The largest absolute Gasteiger partial charge is 0.417 e. The molecule has 1 aliphatic heterocycles. The molecule has 1 unspecified atom stereocenters. The molecule has 1 amide bonds. The molecule has 1 spiro atoms. The van der Waals surface area contributed by atoms with Crippen LogP contribution in [0.15, 0.2) is 24.3 Å². The number of ether oxygens (including phenoxy) is 1. The fourth-order valence-electron chi connectivity index (χ4n) is 2.56. The number of likely N-dealkylation sites (N-methyl/N-ethyl adjacent to an activating group) is 1. The van der Waals surface area contributed by atoms with Crippen molar-refractivity contribution < 1.29 is 18.8 Å². The van der Waals surface area contributed by atoms with E-state index in [1.54, 1.807) is 24.1 Å². The molecule has 2 aliphatic rings. The fraction of sp³-hybridized carbons (Fsp3) is 0.667. The van der Waals surface area contributed by atoms with Gasteiger partial charge in [0, 0.05) is 13.7 Å². The van der Waals surface area contributed by atoms with E-state index in [9.17, 15) is 9.59 Å². The Balaban J connectivity index is 1.94. The van der Waals surface area contributed by atoms with Crippen molar-refractivity contribution in [1.82, 2.24) is 4.90 Å². The molecule has 1 aliphatic carbocycles. The smallest absolute Gasteiger partial charge is 0.230 e. The molecule has 0 aromatic carbocycles. The fourth-order valence-corrected chi connectivity index (χ4v) is 3.62. The summed E-state index contributed by atoms with van der Waals surface area (Å²) in [5, 5.41) is 0.158. The monoisotopic (exact) mass is 351 g/mol. The third kappa shape index (κ3) is 3.71. The number of ketones is 1. The molecule has 1 heterocycles. The Morgan fingerprint density at radius 1 is 1.29 bits per heavy atom. The first-order chi connectivity index (χ1) is 11.0. The number of hydrogen-bond acceptors (Lipinski definition) is 4. The van der Waals surface area contributed by atoms with Crippen molar-refractivity contribution in [2.75, 3.05) is 20.3 Å². The van der Waals surface area contributed by atoms with Crippen LogP contribution in [0.4, 0.5) is 0 Å². The zero-order valence-corrected chi connectivity index (χ0v) is 16.6. The molecule has 6 heteroatoms. The van der Waals surface area contributed by atoms with Gasteiger partial charge in [-0.3, -0.25) is 9.59 Å². The summed E-state index contributed by atoms with van der Waals surface area (Å²) in [5.74, 6) is -0.261. The minimum absolute atomic E-state index is 0.0312. The normalized spacial score (nSPS) is 24.1. The van der Waals surface area contributed by atoms with Crippen LogP contribution in [0.2, 0.25) is 18.1 Å². The highest BCUT2D eigenvalue weighted by Crippen LogP contribution is 2.37. The molecule has 0 radical (unpaired) electrons. The van der Waals surface area contributed by atoms with Crippen molar-refractivity contribution in [1.29, 1.82) is 0 Å². The van der Waals surface area contributed by atoms with Gasteiger partial charge in [0.05, 0.1) is 12.5 Å². The molecular weight excluding hydrogens is 322 g/mol. The van der Waals surface area contributed by atoms with Crippen LogP contribution < -0.4 is 0 Å². The molecule has 1 atom stereocenters. The van der Waals surface area contributed by atoms with Crippen LogP contribution in [0, 0.1) is 5.92 Å². The predicted molar refractivity (Wildman–Crippen MR) is 96.0 cm³/mol. The molecule has 5 nitrogen and oxygen atoms in total. The molecule has 1 fully saturated rings. The van der Waals surface area contributed by atoms with Crippen LogP contribution in [0.5, 0.6) is 0 Å². The Hall–Kier alpha value is -1.24. The lowest BCUT2D eigenvalue weighted by atomic mass is 9.97. The summed E-state index contributed by atoms with van der Waals surface area (Å²) in [5.41, 5.74) is -0.915. The van der Waals surface area contributed by atoms with Gasteiger partial charge < -0.3 is 14.1 Å². The second-order valence-electron chi connectivity index (χ2n) is 8.12. The number of amides is 1. The molecule has 0 aromatic rings. The lowest BCUT2D eigenvalue weighted by Gasteiger charge is -2.44. The first kappa shape index (κ1) is 19.1. The van der Waals surface area contributed by atoms with Gasteiger partial charge in [0.15, 0.2) is 19.8 Å². The van der Waals surface area contributed by atoms with Gasteiger partial charge in [-0.1, -0.05) is 20.8 Å². The van der Waals surface area contributed by atoms with Crippen LogP contribution >= 0.6 is 0 Å². The van der Waals surface area contributed by atoms with Crippen LogP contribution in [0.3, 0.4) is 0 Å². The van der Waals surface area contributed by atoms with Crippen molar-refractivity contribution in [3.8, 4) is 0 Å². The van der Waals surface area contributed by atoms with Crippen molar-refractivity contribution >= 4 is 20.0 Å². The molecule has 2 rings (SSSR count). The molecule has 0 saturated carbocycles. The number of carbonyl (C=O) groups excluding carboxylic acids is 2. The maximum atomic E-state index is 12.7. The first-order valence-electron chi connectivity index (χ1n) is 8.46. The summed E-state index contributed by atoms with van der Waals surface area (Å²) in [6.45, 7) is 11.9. The summed E-state index contributed by atoms with van der Waals surface area (Å²) in [6, 6.07) is 0. The quantitative estimate of drug-likeness (QED) is 0.731. The molecule has 24 heavy (non-hydrogen) atoms. The second-order valence-corrected chi connectivity index (χ2v) is 12.9. The van der Waals surface area contributed by atoms with Gasteiger partial charge in [-0.25, -0.2) is 0 Å². The lowest BCUT2D eigenvalue weighted by molar-refractivity contribution is -0.176. The average molecular weight is 352 g/mol. The van der Waals surface area contributed by atoms with Gasteiger partial charge in [0.2, 0.25) is 5.91 Å². The van der Waals surface area contributed by atoms with E-state index >= 15 is 0 Å². The van der Waals surface area contributed by atoms with Crippen LogP contribution in [0.1, 0.15) is 27.2 Å². The zero-order chi connectivity index (χ0) is 18.2. The van der Waals surface area contributed by atoms with E-state index in [0.29, 0.717) is 19.6 Å². The maximum absolute atomic E-state index is 12.7. The van der Waals surface area contributed by atoms with Crippen LogP contribution in [-0.2, 0) is 18.8 Å². The van der Waals surface area contributed by atoms with Crippen molar-refractivity contribution in [3.63, 3.8) is 0 Å². The summed E-state index contributed by atoms with van der Waals surface area (Å²) < 4.78 is 12.1. The van der Waals surface area contributed by atoms with E-state index < -0.39 is 14.0 Å². The third-order valence-electron chi connectivity index (χ3n) is 5.43. The van der Waals surface area contributed by atoms with Gasteiger partial charge in [0.25, 0.3) is 0 Å². The SMILES string of the molecule is CN1C(=O)C(CCO[Si](C)(C)C(C)(C)C)COC12C=CC(=O)C=C2. The molecule has 0 aromatic heterocycles. The number of hydrogen-bond donors (Lipinski definition) is 0. The van der Waals surface area contributed by atoms with E-state index in [0.717, 1.165) is 0 Å². The Labute approximate surface area is 145 Å². The Bertz CT molecular complexity index is 558. The van der Waals surface area contributed by atoms with E-state index in [1.807, 2.05) is 0 Å². The standard InChI is InChI=1S/C18H29NO4Si/c1-17(2,3)24(5,6)23-12-9-14-13-22-18(19(4)16(14)21)10-7-15(20)8-11-18/h7-8,10-11,14H,9,12-13H2,1-6H3. The highest BCUT2D eigenvalue weighted by atomic mass is 28.4. The van der Waals surface area contributed by atoms with Crippen molar-refractivity contribution in [2.45, 2.75) is 51.0 Å². The number of carbonyl (C=O) groups is 2. The molecule has 134 valence electrons. The van der Waals surface area contributed by atoms with Crippen molar-refractivity contribution in [3.05, 3.63) is 24.3 Å². The Morgan fingerprint density at radius 3 is 2.42 bits per heavy atom. The van der Waals surface area contributed by atoms with E-state index in [-0.39, 0.29) is 22.6 Å². The van der Waals surface area contributed by atoms with Crippen LogP contribution in [0.25, 0.3) is 0 Å². The summed E-state index contributed by atoms with van der Waals surface area (Å²) in [4.78, 5) is 25.6. The Morgan fingerprint density at radius 2 is 1.88 bits per heavy atom. The van der Waals surface area contributed by atoms with Gasteiger partial charge >= 0.3 is 0 Å². The molecule has 0 bridgehead atoms. The van der Waals surface area contributed by atoms with E-state index in [1.165, 1.54) is 12.2 Å². The average Bonchev–Trinajstić information content (AvgIpc) is 2.49. The van der Waals surface area contributed by atoms with Crippen LogP contribution in [-0.4, -0.2) is 50.9 Å². The zero-order valence-electron chi connectivity index (χ0n) is 15.6. The molecule has 0 N–H and O–H groups in total. The number of allylic oxidation sites excluding steroid dienone is 2. The predicted octanol–water partition coefficient (Wildman–Crippen LogP) is 2.89. The Kier molecular flexibility index (Phi) is 5.23. The van der Waals surface area contributed by atoms with Gasteiger partial charge in [-0.05, 0) is 48.9 Å². The van der Waals surface area contributed by atoms with E-state index in [2.05, 4.69) is 33.9 Å². The second kappa shape index (κ2) is 6.58. The third-order valence-corrected chi connectivity index (χ3v) is 9.97. The summed E-state index contributed by atoms with van der Waals surface area (Å²) >= 11 is 0. The number of nitrogens with zero attached hydrogens (tertiary/aromatic N) is 1. The molecular formula is C18H29NO4Si. The van der Waals surface area contributed by atoms with E-state index in [4.69, 9.17) is 9.16 Å². The highest BCUT2D eigenvalue weighted by molar-refractivity contribution is 6.74. The summed E-state index contributed by atoms with van der Waals surface area (Å²) in [6.07, 6.45) is 6.85. The lowest BCUT2D eigenvalue weighted by Crippen LogP contribution is -2.57. The minimum atomic E-state index is -1.80. The topological polar surface area (TPSA) is 55.8 Å². The first-order valence-corrected chi connectivity index (χ1v) is 11.4.